The standard InChI is InChI=1S/C40H53N13O6S/c1-25(2)59-36-34(28-21-42-43-22-28)41-24-52-37(36)46-39(47-52)44-29-13-19-51(20-14-29)60(57,58)50-17-9-26(10-18-50)23-49-15-11-27(12-16-49)30-5-4-6-31-35(30)48(3)40(56)53(31)32-7-8-33(54)45-38(32)55/h4-6,21-22,24-27,29,32H,7-20,23H2,1-3H3,(H,42,43)(H,44,47)(H,45,54,55)/t32-/m0/s1. The van der Waals surface area contributed by atoms with E-state index in [-0.39, 0.29) is 36.1 Å². The van der Waals surface area contributed by atoms with Crippen molar-refractivity contribution in [1.82, 2.24) is 57.7 Å². The molecule has 0 aliphatic carbocycles. The average Bonchev–Trinajstić information content (AvgIpc) is 3.98. The Bertz CT molecular complexity index is 2540. The molecule has 0 bridgehead atoms. The number of amides is 2. The molecule has 0 radical (unpaired) electrons. The molecule has 4 aromatic heterocycles. The molecule has 3 N–H and O–H groups in total. The van der Waals surface area contributed by atoms with Gasteiger partial charge < -0.3 is 15.0 Å². The van der Waals surface area contributed by atoms with Crippen molar-refractivity contribution in [3.63, 3.8) is 0 Å². The van der Waals surface area contributed by atoms with Gasteiger partial charge in [0.1, 0.15) is 18.1 Å². The first-order valence-electron chi connectivity index (χ1n) is 21.1. The Balaban J connectivity index is 0.760. The van der Waals surface area contributed by atoms with Gasteiger partial charge in [0.2, 0.25) is 23.4 Å². The zero-order valence-electron chi connectivity index (χ0n) is 34.3. The predicted octanol–water partition coefficient (Wildman–Crippen LogP) is 2.65. The van der Waals surface area contributed by atoms with Crippen molar-refractivity contribution >= 4 is 44.7 Å². The summed E-state index contributed by atoms with van der Waals surface area (Å²) in [7, 11) is -1.82. The third-order valence-electron chi connectivity index (χ3n) is 12.7. The number of aryl methyl sites for hydroxylation is 1. The van der Waals surface area contributed by atoms with Crippen molar-refractivity contribution < 1.29 is 22.7 Å². The molecule has 4 saturated heterocycles. The topological polar surface area (TPSA) is 210 Å². The quantitative estimate of drug-likeness (QED) is 0.164. The number of nitrogens with one attached hydrogen (secondary N) is 3. The maximum Gasteiger partial charge on any atom is 0.329 e. The second-order valence-corrected chi connectivity index (χ2v) is 18.8. The van der Waals surface area contributed by atoms with Crippen LogP contribution in [-0.2, 0) is 26.8 Å². The van der Waals surface area contributed by atoms with Crippen LogP contribution in [0.4, 0.5) is 5.95 Å². The van der Waals surface area contributed by atoms with Crippen molar-refractivity contribution in [3.8, 4) is 17.0 Å². The first-order chi connectivity index (χ1) is 28.9. The summed E-state index contributed by atoms with van der Waals surface area (Å²) in [5.74, 6) is 0.914. The molecule has 0 saturated carbocycles. The molecule has 8 heterocycles. The van der Waals surface area contributed by atoms with E-state index in [1.54, 1.807) is 48.0 Å². The monoisotopic (exact) mass is 843 g/mol. The molecule has 320 valence electrons. The summed E-state index contributed by atoms with van der Waals surface area (Å²) >= 11 is 0. The molecular formula is C40H53N13O6S. The van der Waals surface area contributed by atoms with Crippen molar-refractivity contribution in [2.24, 2.45) is 13.0 Å². The summed E-state index contributed by atoms with van der Waals surface area (Å²) in [6.07, 6.45) is 10.2. The van der Waals surface area contributed by atoms with E-state index in [0.29, 0.717) is 74.4 Å². The highest BCUT2D eigenvalue weighted by atomic mass is 32.2. The fourth-order valence-corrected chi connectivity index (χ4v) is 11.2. The van der Waals surface area contributed by atoms with Crippen LogP contribution in [0.2, 0.25) is 0 Å². The van der Waals surface area contributed by atoms with E-state index in [1.165, 1.54) is 0 Å². The number of imidazole rings is 1. The molecule has 4 aliphatic rings. The van der Waals surface area contributed by atoms with Gasteiger partial charge in [-0.3, -0.25) is 29.1 Å². The number of benzene rings is 1. The van der Waals surface area contributed by atoms with Gasteiger partial charge in [0.15, 0.2) is 5.75 Å². The fraction of sp³-hybridized carbons (Fsp3) is 0.575. The Morgan fingerprint density at radius 1 is 0.950 bits per heavy atom. The molecule has 19 nitrogen and oxygen atoms in total. The van der Waals surface area contributed by atoms with E-state index >= 15 is 0 Å². The lowest BCUT2D eigenvalue weighted by molar-refractivity contribution is -0.135. The first kappa shape index (κ1) is 40.2. The van der Waals surface area contributed by atoms with E-state index in [1.807, 2.05) is 26.0 Å². The number of H-pyrrole nitrogens is 1. The fourth-order valence-electron chi connectivity index (χ4n) is 9.55. The number of imide groups is 1. The molecule has 4 fully saturated rings. The number of aromatic amines is 1. The van der Waals surface area contributed by atoms with E-state index in [2.05, 4.69) is 41.9 Å². The van der Waals surface area contributed by atoms with Gasteiger partial charge in [0, 0.05) is 64.0 Å². The number of para-hydroxylation sites is 1. The molecule has 5 aromatic rings. The minimum atomic E-state index is -3.58. The maximum absolute atomic E-state index is 13.8. The van der Waals surface area contributed by atoms with Gasteiger partial charge in [0.05, 0.1) is 23.3 Å². The summed E-state index contributed by atoms with van der Waals surface area (Å²) in [5, 5.41) is 17.3. The molecule has 9 rings (SSSR count). The highest BCUT2D eigenvalue weighted by Crippen LogP contribution is 2.36. The minimum absolute atomic E-state index is 0.0123. The first-order valence-corrected chi connectivity index (χ1v) is 22.5. The lowest BCUT2D eigenvalue weighted by Crippen LogP contribution is -2.51. The number of likely N-dealkylation sites (tertiary alicyclic amines) is 1. The van der Waals surface area contributed by atoms with Crippen molar-refractivity contribution in [1.29, 1.82) is 0 Å². The lowest BCUT2D eigenvalue weighted by atomic mass is 9.87. The number of hydrogen-bond acceptors (Lipinski definition) is 12. The molecule has 4 aliphatic heterocycles. The third-order valence-corrected chi connectivity index (χ3v) is 14.7. The van der Waals surface area contributed by atoms with Crippen LogP contribution in [0, 0.1) is 5.92 Å². The van der Waals surface area contributed by atoms with Crippen LogP contribution < -0.4 is 21.1 Å². The van der Waals surface area contributed by atoms with Crippen LogP contribution in [0.25, 0.3) is 27.9 Å². The van der Waals surface area contributed by atoms with E-state index < -0.39 is 22.2 Å². The highest BCUT2D eigenvalue weighted by molar-refractivity contribution is 7.86. The Morgan fingerprint density at radius 2 is 1.68 bits per heavy atom. The molecule has 1 aromatic carbocycles. The molecular weight excluding hydrogens is 791 g/mol. The largest absolute Gasteiger partial charge is 0.485 e. The second kappa shape index (κ2) is 16.4. The zero-order chi connectivity index (χ0) is 41.7. The van der Waals surface area contributed by atoms with Gasteiger partial charge in [-0.2, -0.15) is 31.6 Å². The van der Waals surface area contributed by atoms with Crippen LogP contribution in [0.15, 0.2) is 41.7 Å². The summed E-state index contributed by atoms with van der Waals surface area (Å²) in [4.78, 5) is 49.8. The third kappa shape index (κ3) is 7.69. The maximum atomic E-state index is 13.8. The number of fused-ring (bicyclic) bond motifs is 2. The van der Waals surface area contributed by atoms with Crippen molar-refractivity contribution in [2.45, 2.75) is 89.3 Å². The number of hydrogen-bond donors (Lipinski definition) is 3. The number of ether oxygens (including phenoxy) is 1. The smallest absolute Gasteiger partial charge is 0.329 e. The highest BCUT2D eigenvalue weighted by Gasteiger charge is 2.37. The van der Waals surface area contributed by atoms with Crippen molar-refractivity contribution in [2.75, 3.05) is 51.1 Å². The van der Waals surface area contributed by atoms with E-state index in [0.717, 1.165) is 67.5 Å². The predicted molar refractivity (Wildman–Crippen MR) is 223 cm³/mol. The number of nitrogens with zero attached hydrogens (tertiary/aromatic N) is 10. The zero-order valence-corrected chi connectivity index (χ0v) is 35.1. The van der Waals surface area contributed by atoms with Crippen LogP contribution in [0.3, 0.4) is 0 Å². The second-order valence-electron chi connectivity index (χ2n) is 16.9. The van der Waals surface area contributed by atoms with Gasteiger partial charge in [-0.25, -0.2) is 9.78 Å². The van der Waals surface area contributed by atoms with Crippen molar-refractivity contribution in [3.05, 3.63) is 53.0 Å². The summed E-state index contributed by atoms with van der Waals surface area (Å²) < 4.78 is 41.9. The molecule has 60 heavy (non-hydrogen) atoms. The Morgan fingerprint density at radius 3 is 2.37 bits per heavy atom. The van der Waals surface area contributed by atoms with Gasteiger partial charge in [-0.1, -0.05) is 12.1 Å². The van der Waals surface area contributed by atoms with E-state index in [4.69, 9.17) is 9.72 Å². The summed E-state index contributed by atoms with van der Waals surface area (Å²) in [6.45, 7) is 8.53. The van der Waals surface area contributed by atoms with Crippen LogP contribution in [0.5, 0.6) is 5.75 Å². The number of piperidine rings is 4. The Labute approximate surface area is 347 Å². The molecule has 20 heteroatoms. The Kier molecular flexibility index (Phi) is 11.0. The molecule has 0 unspecified atom stereocenters. The SMILES string of the molecule is CC(C)Oc1c(-c2cn[nH]c2)ncn2nc(NC3CCN(S(=O)(=O)N4CCC(CN5CCC(c6cccc7c6n(C)c(=O)n7[C@H]6CCC(=O)NC6=O)CC5)CC4)CC3)nc12. The normalized spacial score (nSPS) is 21.4. The summed E-state index contributed by atoms with van der Waals surface area (Å²) in [5.41, 5.74) is 4.39. The van der Waals surface area contributed by atoms with Crippen LogP contribution in [-0.4, -0.2) is 131 Å². The van der Waals surface area contributed by atoms with Gasteiger partial charge in [-0.15, -0.1) is 5.10 Å². The number of aromatic nitrogens is 8. The molecule has 0 spiro atoms. The lowest BCUT2D eigenvalue weighted by Gasteiger charge is -2.39. The van der Waals surface area contributed by atoms with E-state index in [9.17, 15) is 22.8 Å². The Hall–Kier alpha value is -5.18. The number of carbonyl (C=O) groups is 2. The summed E-state index contributed by atoms with van der Waals surface area (Å²) in [6, 6.07) is 5.26. The van der Waals surface area contributed by atoms with Gasteiger partial charge >= 0.3 is 5.69 Å². The van der Waals surface area contributed by atoms with Gasteiger partial charge in [0.25, 0.3) is 10.2 Å². The average molecular weight is 844 g/mol. The number of rotatable bonds is 11. The number of anilines is 1. The number of carbonyl (C=O) groups excluding carboxylic acids is 2. The molecule has 2 amide bonds. The van der Waals surface area contributed by atoms with Crippen LogP contribution >= 0.6 is 0 Å². The van der Waals surface area contributed by atoms with Crippen LogP contribution in [0.1, 0.15) is 82.7 Å². The minimum Gasteiger partial charge on any atom is -0.485 e. The van der Waals surface area contributed by atoms with Gasteiger partial charge in [-0.05, 0) is 95.3 Å². The molecule has 1 atom stereocenters.